The lowest BCUT2D eigenvalue weighted by atomic mass is 10.0. The van der Waals surface area contributed by atoms with E-state index in [0.29, 0.717) is 0 Å². The molecule has 1 N–H and O–H groups in total. The second-order valence-electron chi connectivity index (χ2n) is 3.94. The molecule has 0 aliphatic carbocycles. The highest BCUT2D eigenvalue weighted by Crippen LogP contribution is 2.29. The van der Waals surface area contributed by atoms with E-state index in [1.807, 2.05) is 18.4 Å². The Kier molecular flexibility index (Phi) is 3.55. The number of rotatable bonds is 3. The molecule has 1 aromatic rings. The first-order valence-corrected chi connectivity index (χ1v) is 5.99. The van der Waals surface area contributed by atoms with Crippen LogP contribution in [0.4, 0.5) is 0 Å². The van der Waals surface area contributed by atoms with E-state index in [-0.39, 0.29) is 5.54 Å². The van der Waals surface area contributed by atoms with Crippen LogP contribution in [-0.2, 0) is 6.42 Å². The van der Waals surface area contributed by atoms with Crippen LogP contribution in [0.1, 0.15) is 23.6 Å². The molecular formula is C10H16BrNS. The minimum atomic E-state index is 0.180. The van der Waals surface area contributed by atoms with E-state index >= 15 is 0 Å². The summed E-state index contributed by atoms with van der Waals surface area (Å²) in [5, 5.41) is 3.31. The van der Waals surface area contributed by atoms with E-state index < -0.39 is 0 Å². The van der Waals surface area contributed by atoms with Crippen LogP contribution >= 0.6 is 27.3 Å². The van der Waals surface area contributed by atoms with E-state index in [9.17, 15) is 0 Å². The molecule has 1 nitrogen and oxygen atoms in total. The molecule has 0 fully saturated rings. The summed E-state index contributed by atoms with van der Waals surface area (Å²) in [5.41, 5.74) is 0.180. The van der Waals surface area contributed by atoms with Gasteiger partial charge in [-0.2, -0.15) is 0 Å². The minimum Gasteiger partial charge on any atom is -0.314 e. The van der Waals surface area contributed by atoms with Crippen LogP contribution < -0.4 is 5.32 Å². The Labute approximate surface area is 92.7 Å². The van der Waals surface area contributed by atoms with Crippen LogP contribution in [0, 0.1) is 6.92 Å². The quantitative estimate of drug-likeness (QED) is 0.880. The highest BCUT2D eigenvalue weighted by molar-refractivity contribution is 9.10. The average Bonchev–Trinajstić information content (AvgIpc) is 2.30. The Morgan fingerprint density at radius 2 is 2.15 bits per heavy atom. The molecule has 0 aromatic carbocycles. The zero-order valence-corrected chi connectivity index (χ0v) is 11.0. The number of aryl methyl sites for hydroxylation is 1. The Hall–Kier alpha value is 0.140. The van der Waals surface area contributed by atoms with E-state index in [2.05, 4.69) is 48.1 Å². The lowest BCUT2D eigenvalue weighted by Crippen LogP contribution is -2.38. The molecule has 13 heavy (non-hydrogen) atoms. The summed E-state index contributed by atoms with van der Waals surface area (Å²) in [4.78, 5) is 2.80. The highest BCUT2D eigenvalue weighted by Gasteiger charge is 2.18. The van der Waals surface area contributed by atoms with Crippen LogP contribution in [0.2, 0.25) is 0 Å². The Balaban J connectivity index is 2.79. The molecule has 3 heteroatoms. The molecule has 74 valence electrons. The first-order chi connectivity index (χ1) is 5.94. The summed E-state index contributed by atoms with van der Waals surface area (Å²) in [6.45, 7) is 6.58. The van der Waals surface area contributed by atoms with E-state index in [4.69, 9.17) is 0 Å². The van der Waals surface area contributed by atoms with Crippen LogP contribution in [0.5, 0.6) is 0 Å². The van der Waals surface area contributed by atoms with Crippen LogP contribution in [-0.4, -0.2) is 12.6 Å². The molecule has 0 radical (unpaired) electrons. The first kappa shape index (κ1) is 11.2. The number of halogens is 1. The van der Waals surface area contributed by atoms with Crippen LogP contribution in [0.25, 0.3) is 0 Å². The maximum absolute atomic E-state index is 3.58. The molecule has 0 atom stereocenters. The third-order valence-electron chi connectivity index (χ3n) is 2.16. The van der Waals surface area contributed by atoms with Crippen LogP contribution in [0.15, 0.2) is 10.5 Å². The molecule has 1 heterocycles. The predicted molar refractivity (Wildman–Crippen MR) is 63.6 cm³/mol. The molecule has 0 aliphatic heterocycles. The van der Waals surface area contributed by atoms with Crippen molar-refractivity contribution in [2.75, 3.05) is 7.05 Å². The summed E-state index contributed by atoms with van der Waals surface area (Å²) < 4.78 is 1.25. The predicted octanol–water partition coefficient (Wildman–Crippen LogP) is 3.36. The van der Waals surface area contributed by atoms with E-state index in [1.54, 1.807) is 0 Å². The van der Waals surface area contributed by atoms with Crippen molar-refractivity contribution in [3.05, 3.63) is 20.3 Å². The average molecular weight is 262 g/mol. The molecule has 0 spiro atoms. The molecule has 1 aromatic heterocycles. The summed E-state index contributed by atoms with van der Waals surface area (Å²) in [6, 6.07) is 2.19. The molecular weight excluding hydrogens is 246 g/mol. The van der Waals surface area contributed by atoms with Crippen molar-refractivity contribution >= 4 is 27.3 Å². The number of hydrogen-bond donors (Lipinski definition) is 1. The SMILES string of the molecule is CNC(C)(C)Cc1sc(C)cc1Br. The monoisotopic (exact) mass is 261 g/mol. The maximum atomic E-state index is 3.58. The van der Waals surface area contributed by atoms with Gasteiger partial charge in [-0.3, -0.25) is 0 Å². The second kappa shape index (κ2) is 4.11. The minimum absolute atomic E-state index is 0.180. The summed E-state index contributed by atoms with van der Waals surface area (Å²) >= 11 is 5.45. The molecule has 0 saturated carbocycles. The van der Waals surface area contributed by atoms with Crippen molar-refractivity contribution in [2.45, 2.75) is 32.7 Å². The van der Waals surface area contributed by atoms with Gasteiger partial charge in [-0.15, -0.1) is 11.3 Å². The fraction of sp³-hybridized carbons (Fsp3) is 0.600. The molecule has 0 amide bonds. The normalized spacial score (nSPS) is 12.1. The topological polar surface area (TPSA) is 12.0 Å². The lowest BCUT2D eigenvalue weighted by molar-refractivity contribution is 0.424. The zero-order chi connectivity index (χ0) is 10.1. The van der Waals surface area contributed by atoms with Gasteiger partial charge in [-0.25, -0.2) is 0 Å². The third-order valence-corrected chi connectivity index (χ3v) is 4.18. The van der Waals surface area contributed by atoms with Gasteiger partial charge in [0, 0.05) is 26.2 Å². The van der Waals surface area contributed by atoms with Gasteiger partial charge in [0.2, 0.25) is 0 Å². The van der Waals surface area contributed by atoms with Gasteiger partial charge in [0.25, 0.3) is 0 Å². The molecule has 0 unspecified atom stereocenters. The molecule has 1 rings (SSSR count). The van der Waals surface area contributed by atoms with Gasteiger partial charge >= 0.3 is 0 Å². The zero-order valence-electron chi connectivity index (χ0n) is 8.57. The Morgan fingerprint density at radius 1 is 1.54 bits per heavy atom. The van der Waals surface area contributed by atoms with Crippen molar-refractivity contribution in [3.63, 3.8) is 0 Å². The van der Waals surface area contributed by atoms with Gasteiger partial charge in [-0.1, -0.05) is 0 Å². The highest BCUT2D eigenvalue weighted by atomic mass is 79.9. The molecule has 0 bridgehead atoms. The van der Waals surface area contributed by atoms with Gasteiger partial charge < -0.3 is 5.32 Å². The van der Waals surface area contributed by atoms with Gasteiger partial charge in [0.15, 0.2) is 0 Å². The number of nitrogens with one attached hydrogen (secondary N) is 1. The number of likely N-dealkylation sites (N-methyl/N-ethyl adjacent to an activating group) is 1. The summed E-state index contributed by atoms with van der Waals surface area (Å²) in [6.07, 6.45) is 1.07. The van der Waals surface area contributed by atoms with Crippen molar-refractivity contribution in [1.29, 1.82) is 0 Å². The van der Waals surface area contributed by atoms with Gasteiger partial charge in [0.1, 0.15) is 0 Å². The third kappa shape index (κ3) is 3.08. The summed E-state index contributed by atoms with van der Waals surface area (Å²) in [7, 11) is 2.01. The smallest absolute Gasteiger partial charge is 0.0317 e. The first-order valence-electron chi connectivity index (χ1n) is 4.38. The second-order valence-corrected chi connectivity index (χ2v) is 6.13. The van der Waals surface area contributed by atoms with Crippen LogP contribution in [0.3, 0.4) is 0 Å². The fourth-order valence-corrected chi connectivity index (χ4v) is 3.17. The number of thiophene rings is 1. The fourth-order valence-electron chi connectivity index (χ4n) is 1.14. The summed E-state index contributed by atoms with van der Waals surface area (Å²) in [5.74, 6) is 0. The van der Waals surface area contributed by atoms with E-state index in [1.165, 1.54) is 14.2 Å². The van der Waals surface area contributed by atoms with Crippen molar-refractivity contribution in [1.82, 2.24) is 5.32 Å². The number of hydrogen-bond acceptors (Lipinski definition) is 2. The lowest BCUT2D eigenvalue weighted by Gasteiger charge is -2.23. The maximum Gasteiger partial charge on any atom is 0.0317 e. The van der Waals surface area contributed by atoms with Crippen molar-refractivity contribution < 1.29 is 0 Å². The Morgan fingerprint density at radius 3 is 2.54 bits per heavy atom. The largest absolute Gasteiger partial charge is 0.314 e. The standard InChI is InChI=1S/C10H16BrNS/c1-7-5-8(11)9(13-7)6-10(2,3)12-4/h5,12H,6H2,1-4H3. The van der Waals surface area contributed by atoms with Gasteiger partial charge in [-0.05, 0) is 49.8 Å². The molecule has 0 aliphatic rings. The van der Waals surface area contributed by atoms with E-state index in [0.717, 1.165) is 6.42 Å². The van der Waals surface area contributed by atoms with Crippen molar-refractivity contribution in [2.24, 2.45) is 0 Å². The van der Waals surface area contributed by atoms with Gasteiger partial charge in [0.05, 0.1) is 0 Å². The van der Waals surface area contributed by atoms with Crippen molar-refractivity contribution in [3.8, 4) is 0 Å². The molecule has 0 saturated heterocycles. The Bertz CT molecular complexity index is 291.